The van der Waals surface area contributed by atoms with Crippen LogP contribution in [0.4, 0.5) is 0 Å². The number of benzene rings is 2. The summed E-state index contributed by atoms with van der Waals surface area (Å²) in [7, 11) is -3.51. The zero-order valence-corrected chi connectivity index (χ0v) is 17.7. The van der Waals surface area contributed by atoms with Crippen LogP contribution in [0.25, 0.3) is 0 Å². The Balaban J connectivity index is 1.47. The summed E-state index contributed by atoms with van der Waals surface area (Å²) in [6.45, 7) is 3.74. The number of aryl methyl sites for hydroxylation is 1. The Bertz CT molecular complexity index is 968. The quantitative estimate of drug-likeness (QED) is 0.557. The smallest absolute Gasteiger partial charge is 0.254 e. The van der Waals surface area contributed by atoms with Gasteiger partial charge in [0.25, 0.3) is 5.91 Å². The summed E-state index contributed by atoms with van der Waals surface area (Å²) < 4.78 is 26.9. The van der Waals surface area contributed by atoms with Crippen LogP contribution < -0.4 is 5.43 Å². The number of hydrogen-bond donors (Lipinski definition) is 1. The second kappa shape index (κ2) is 9.49. The Hall–Kier alpha value is -2.26. The molecule has 0 atom stereocenters. The number of amides is 1. The molecule has 0 spiro atoms. The third-order valence-electron chi connectivity index (χ3n) is 4.63. The molecule has 9 heteroatoms. The minimum Gasteiger partial charge on any atom is -0.292 e. The number of nitrogens with one attached hydrogen (secondary N) is 1. The Kier molecular flexibility index (Phi) is 7.02. The van der Waals surface area contributed by atoms with Crippen molar-refractivity contribution in [2.45, 2.75) is 11.8 Å². The molecule has 0 saturated carbocycles. The Morgan fingerprint density at radius 1 is 1.07 bits per heavy atom. The number of halogens is 1. The van der Waals surface area contributed by atoms with Gasteiger partial charge in [-0.3, -0.25) is 9.69 Å². The zero-order valence-electron chi connectivity index (χ0n) is 16.1. The number of hydrazone groups is 1. The molecular weight excluding hydrogens is 412 g/mol. The Morgan fingerprint density at radius 2 is 1.69 bits per heavy atom. The SMILES string of the molecule is Cc1ccc(S(=O)(=O)N2CCN(CC(=O)NN=Cc3ccc(Cl)cc3)CC2)cc1. The summed E-state index contributed by atoms with van der Waals surface area (Å²) in [6, 6.07) is 13.9. The fourth-order valence-corrected chi connectivity index (χ4v) is 4.50. The van der Waals surface area contributed by atoms with E-state index >= 15 is 0 Å². The lowest BCUT2D eigenvalue weighted by atomic mass is 10.2. The number of rotatable bonds is 6. The summed E-state index contributed by atoms with van der Waals surface area (Å²) in [5, 5.41) is 4.57. The van der Waals surface area contributed by atoms with E-state index in [1.807, 2.05) is 11.8 Å². The van der Waals surface area contributed by atoms with Crippen molar-refractivity contribution < 1.29 is 13.2 Å². The van der Waals surface area contributed by atoms with Crippen LogP contribution in [-0.4, -0.2) is 62.5 Å². The summed E-state index contributed by atoms with van der Waals surface area (Å²) in [5.74, 6) is -0.245. The van der Waals surface area contributed by atoms with Crippen LogP contribution in [0.3, 0.4) is 0 Å². The van der Waals surface area contributed by atoms with Crippen LogP contribution in [0.1, 0.15) is 11.1 Å². The van der Waals surface area contributed by atoms with Gasteiger partial charge in [-0.1, -0.05) is 41.4 Å². The molecule has 0 radical (unpaired) electrons. The maximum atomic E-state index is 12.7. The predicted octanol–water partition coefficient (Wildman–Crippen LogP) is 2.11. The highest BCUT2D eigenvalue weighted by Gasteiger charge is 2.28. The van der Waals surface area contributed by atoms with Gasteiger partial charge in [-0.05, 0) is 36.8 Å². The van der Waals surface area contributed by atoms with Crippen LogP contribution in [0.2, 0.25) is 5.02 Å². The monoisotopic (exact) mass is 434 g/mol. The van der Waals surface area contributed by atoms with E-state index in [0.29, 0.717) is 36.1 Å². The van der Waals surface area contributed by atoms with Crippen molar-refractivity contribution in [2.24, 2.45) is 5.10 Å². The molecule has 1 saturated heterocycles. The van der Waals surface area contributed by atoms with Gasteiger partial charge in [-0.15, -0.1) is 0 Å². The third-order valence-corrected chi connectivity index (χ3v) is 6.79. The first kappa shape index (κ1) is 21.4. The van der Waals surface area contributed by atoms with Gasteiger partial charge in [0.2, 0.25) is 10.0 Å². The predicted molar refractivity (Wildman–Crippen MR) is 114 cm³/mol. The van der Waals surface area contributed by atoms with Gasteiger partial charge < -0.3 is 0 Å². The highest BCUT2D eigenvalue weighted by Crippen LogP contribution is 2.18. The standard InChI is InChI=1S/C20H23ClN4O3S/c1-16-2-8-19(9-3-16)29(27,28)25-12-10-24(11-13-25)15-20(26)23-22-14-17-4-6-18(21)7-5-17/h2-9,14H,10-13,15H2,1H3,(H,23,26). The number of piperazine rings is 1. The summed E-state index contributed by atoms with van der Waals surface area (Å²) in [5.41, 5.74) is 4.33. The fraction of sp³-hybridized carbons (Fsp3) is 0.300. The van der Waals surface area contributed by atoms with Gasteiger partial charge in [0.1, 0.15) is 0 Å². The molecular formula is C20H23ClN4O3S. The molecule has 0 unspecified atom stereocenters. The molecule has 154 valence electrons. The van der Waals surface area contributed by atoms with Crippen molar-refractivity contribution in [3.8, 4) is 0 Å². The summed E-state index contributed by atoms with van der Waals surface area (Å²) in [6.07, 6.45) is 1.54. The summed E-state index contributed by atoms with van der Waals surface area (Å²) >= 11 is 5.82. The van der Waals surface area contributed by atoms with Crippen molar-refractivity contribution in [2.75, 3.05) is 32.7 Å². The van der Waals surface area contributed by atoms with E-state index in [2.05, 4.69) is 10.5 Å². The molecule has 1 amide bonds. The molecule has 2 aromatic carbocycles. The molecule has 2 aromatic rings. The largest absolute Gasteiger partial charge is 0.292 e. The highest BCUT2D eigenvalue weighted by atomic mass is 35.5. The first-order chi connectivity index (χ1) is 13.8. The number of carbonyl (C=O) groups is 1. The molecule has 1 fully saturated rings. The van der Waals surface area contributed by atoms with Gasteiger partial charge in [0, 0.05) is 31.2 Å². The van der Waals surface area contributed by atoms with E-state index in [9.17, 15) is 13.2 Å². The van der Waals surface area contributed by atoms with E-state index in [1.54, 1.807) is 54.7 Å². The molecule has 3 rings (SSSR count). The minimum atomic E-state index is -3.51. The van der Waals surface area contributed by atoms with Gasteiger partial charge in [-0.25, -0.2) is 13.8 Å². The molecule has 1 N–H and O–H groups in total. The number of nitrogens with zero attached hydrogens (tertiary/aromatic N) is 3. The molecule has 7 nitrogen and oxygen atoms in total. The molecule has 1 aliphatic rings. The van der Waals surface area contributed by atoms with Crippen LogP contribution in [0.5, 0.6) is 0 Å². The minimum absolute atomic E-state index is 0.163. The number of carbonyl (C=O) groups excluding carboxylic acids is 1. The van der Waals surface area contributed by atoms with Crippen molar-refractivity contribution in [1.29, 1.82) is 0 Å². The second-order valence-corrected chi connectivity index (χ2v) is 9.21. The lowest BCUT2D eigenvalue weighted by molar-refractivity contribution is -0.122. The van der Waals surface area contributed by atoms with E-state index in [1.165, 1.54) is 4.31 Å². The van der Waals surface area contributed by atoms with Gasteiger partial charge in [-0.2, -0.15) is 9.41 Å². The molecule has 0 aliphatic carbocycles. The second-order valence-electron chi connectivity index (χ2n) is 6.84. The van der Waals surface area contributed by atoms with Gasteiger partial charge in [0.15, 0.2) is 0 Å². The topological polar surface area (TPSA) is 82.1 Å². The fourth-order valence-electron chi connectivity index (χ4n) is 2.95. The lowest BCUT2D eigenvalue weighted by Gasteiger charge is -2.33. The van der Waals surface area contributed by atoms with E-state index < -0.39 is 10.0 Å². The average Bonchev–Trinajstić information content (AvgIpc) is 2.70. The third kappa shape index (κ3) is 5.86. The maximum Gasteiger partial charge on any atom is 0.254 e. The van der Waals surface area contributed by atoms with Gasteiger partial charge in [0.05, 0.1) is 17.7 Å². The molecule has 1 heterocycles. The normalized spacial score (nSPS) is 16.2. The van der Waals surface area contributed by atoms with Crippen LogP contribution in [-0.2, 0) is 14.8 Å². The average molecular weight is 435 g/mol. The van der Waals surface area contributed by atoms with E-state index in [4.69, 9.17) is 11.6 Å². The molecule has 1 aliphatic heterocycles. The van der Waals surface area contributed by atoms with Gasteiger partial charge >= 0.3 is 0 Å². The highest BCUT2D eigenvalue weighted by molar-refractivity contribution is 7.89. The first-order valence-electron chi connectivity index (χ1n) is 9.21. The maximum absolute atomic E-state index is 12.7. The summed E-state index contributed by atoms with van der Waals surface area (Å²) in [4.78, 5) is 14.3. The lowest BCUT2D eigenvalue weighted by Crippen LogP contribution is -2.50. The number of sulfonamides is 1. The van der Waals surface area contributed by atoms with E-state index in [0.717, 1.165) is 11.1 Å². The molecule has 29 heavy (non-hydrogen) atoms. The van der Waals surface area contributed by atoms with Crippen molar-refractivity contribution in [3.05, 3.63) is 64.7 Å². The zero-order chi connectivity index (χ0) is 20.9. The molecule has 0 aromatic heterocycles. The van der Waals surface area contributed by atoms with Crippen LogP contribution >= 0.6 is 11.6 Å². The van der Waals surface area contributed by atoms with Crippen LogP contribution in [0, 0.1) is 6.92 Å². The van der Waals surface area contributed by atoms with Crippen molar-refractivity contribution in [1.82, 2.24) is 14.6 Å². The molecule has 0 bridgehead atoms. The Morgan fingerprint density at radius 3 is 2.31 bits per heavy atom. The van der Waals surface area contributed by atoms with Crippen LogP contribution in [0.15, 0.2) is 58.5 Å². The van der Waals surface area contributed by atoms with Crippen molar-refractivity contribution in [3.63, 3.8) is 0 Å². The first-order valence-corrected chi connectivity index (χ1v) is 11.0. The van der Waals surface area contributed by atoms with Crippen molar-refractivity contribution >= 4 is 33.7 Å². The number of hydrogen-bond acceptors (Lipinski definition) is 5. The van der Waals surface area contributed by atoms with E-state index in [-0.39, 0.29) is 12.5 Å². The Labute approximate surface area is 176 Å².